The number of aliphatic carboxylic acids is 1. The summed E-state index contributed by atoms with van der Waals surface area (Å²) in [5.41, 5.74) is 6.81. The molecule has 0 aliphatic carbocycles. The molecule has 128 valence electrons. The smallest absolute Gasteiger partial charge is 0.313 e. The van der Waals surface area contributed by atoms with E-state index in [0.29, 0.717) is 11.1 Å². The second kappa shape index (κ2) is 6.39. The first-order valence-corrected chi connectivity index (χ1v) is 7.92. The highest BCUT2D eigenvalue weighted by atomic mass is 16.4. The molecule has 0 aromatic heterocycles. The van der Waals surface area contributed by atoms with E-state index in [-0.39, 0.29) is 5.56 Å². The Kier molecular flexibility index (Phi) is 4.27. The molecule has 3 rings (SSSR count). The Bertz CT molecular complexity index is 834. The molecule has 0 spiro atoms. The van der Waals surface area contributed by atoms with E-state index >= 15 is 0 Å². The summed E-state index contributed by atoms with van der Waals surface area (Å²) >= 11 is 0. The Morgan fingerprint density at radius 3 is 2.28 bits per heavy atom. The molecule has 25 heavy (non-hydrogen) atoms. The molecule has 0 saturated carbocycles. The van der Waals surface area contributed by atoms with Crippen molar-refractivity contribution < 1.29 is 19.5 Å². The number of amides is 2. The van der Waals surface area contributed by atoms with Gasteiger partial charge in [-0.3, -0.25) is 14.4 Å². The van der Waals surface area contributed by atoms with Crippen LogP contribution in [0.4, 0.5) is 0 Å². The first-order chi connectivity index (χ1) is 11.9. The van der Waals surface area contributed by atoms with Crippen LogP contribution in [0.25, 0.3) is 0 Å². The molecule has 2 aromatic carbocycles. The van der Waals surface area contributed by atoms with Gasteiger partial charge in [0, 0.05) is 5.56 Å². The molecule has 3 unspecified atom stereocenters. The number of fused-ring (bicyclic) bond motifs is 1. The zero-order valence-electron chi connectivity index (χ0n) is 13.6. The van der Waals surface area contributed by atoms with Crippen molar-refractivity contribution in [2.24, 2.45) is 5.73 Å². The average molecular weight is 338 g/mol. The third-order valence-corrected chi connectivity index (χ3v) is 4.61. The van der Waals surface area contributed by atoms with Crippen molar-refractivity contribution in [3.05, 3.63) is 71.3 Å². The summed E-state index contributed by atoms with van der Waals surface area (Å²) in [7, 11) is 0. The van der Waals surface area contributed by atoms with Gasteiger partial charge in [-0.2, -0.15) is 0 Å². The summed E-state index contributed by atoms with van der Waals surface area (Å²) in [5.74, 6) is -3.13. The maximum atomic E-state index is 13.0. The molecule has 1 aliphatic heterocycles. The van der Waals surface area contributed by atoms with Crippen molar-refractivity contribution in [3.8, 4) is 0 Å². The van der Waals surface area contributed by atoms with Crippen LogP contribution < -0.4 is 5.73 Å². The second-order valence-corrected chi connectivity index (χ2v) is 6.05. The normalized spacial score (nSPS) is 20.7. The maximum Gasteiger partial charge on any atom is 0.313 e. The average Bonchev–Trinajstić information content (AvgIpc) is 2.61. The SMILES string of the molecule is CC(C(N)=O)N1C(=O)c2ccccc2C(C(=O)O)C1c1ccccc1. The molecule has 3 atom stereocenters. The number of hydrogen-bond acceptors (Lipinski definition) is 3. The molecule has 0 saturated heterocycles. The number of carboxylic acid groups (broad SMARTS) is 1. The minimum absolute atomic E-state index is 0.287. The molecule has 2 amide bonds. The molecule has 0 fully saturated rings. The van der Waals surface area contributed by atoms with Gasteiger partial charge in [0.05, 0.1) is 6.04 Å². The van der Waals surface area contributed by atoms with Gasteiger partial charge in [-0.25, -0.2) is 0 Å². The van der Waals surface area contributed by atoms with Crippen LogP contribution in [0, 0.1) is 0 Å². The quantitative estimate of drug-likeness (QED) is 0.889. The van der Waals surface area contributed by atoms with E-state index in [0.717, 1.165) is 0 Å². The van der Waals surface area contributed by atoms with Gasteiger partial charge in [-0.05, 0) is 24.1 Å². The Morgan fingerprint density at radius 2 is 1.68 bits per heavy atom. The molecule has 3 N–H and O–H groups in total. The van der Waals surface area contributed by atoms with Gasteiger partial charge < -0.3 is 15.7 Å². The highest BCUT2D eigenvalue weighted by molar-refractivity contribution is 6.02. The van der Waals surface area contributed by atoms with Gasteiger partial charge >= 0.3 is 5.97 Å². The predicted molar refractivity (Wildman–Crippen MR) is 90.8 cm³/mol. The summed E-state index contributed by atoms with van der Waals surface area (Å²) in [6.07, 6.45) is 0. The lowest BCUT2D eigenvalue weighted by Crippen LogP contribution is -2.53. The largest absolute Gasteiger partial charge is 0.481 e. The summed E-state index contributed by atoms with van der Waals surface area (Å²) in [6, 6.07) is 13.7. The van der Waals surface area contributed by atoms with E-state index in [2.05, 4.69) is 0 Å². The summed E-state index contributed by atoms with van der Waals surface area (Å²) < 4.78 is 0. The monoisotopic (exact) mass is 338 g/mol. The zero-order valence-corrected chi connectivity index (χ0v) is 13.6. The number of nitrogens with two attached hydrogens (primary N) is 1. The lowest BCUT2D eigenvalue weighted by Gasteiger charge is -2.43. The molecule has 0 radical (unpaired) electrons. The Morgan fingerprint density at radius 1 is 1.08 bits per heavy atom. The molecule has 6 nitrogen and oxygen atoms in total. The second-order valence-electron chi connectivity index (χ2n) is 6.05. The number of carboxylic acids is 1. The van der Waals surface area contributed by atoms with Crippen molar-refractivity contribution in [1.29, 1.82) is 0 Å². The maximum absolute atomic E-state index is 13.0. The molecule has 2 aromatic rings. The standard InChI is InChI=1S/C19H18N2O4/c1-11(17(20)22)21-16(12-7-3-2-4-8-12)15(19(24)25)13-9-5-6-10-14(13)18(21)23/h2-11,15-16H,1H3,(H2,20,22)(H,24,25). The predicted octanol–water partition coefficient (Wildman–Crippen LogP) is 1.93. The zero-order chi connectivity index (χ0) is 18.1. The van der Waals surface area contributed by atoms with E-state index in [4.69, 9.17) is 5.73 Å². The number of benzene rings is 2. The van der Waals surface area contributed by atoms with Crippen LogP contribution >= 0.6 is 0 Å². The number of nitrogens with zero attached hydrogens (tertiary/aromatic N) is 1. The van der Waals surface area contributed by atoms with Gasteiger partial charge in [-0.1, -0.05) is 48.5 Å². The summed E-state index contributed by atoms with van der Waals surface area (Å²) in [6.45, 7) is 1.52. The summed E-state index contributed by atoms with van der Waals surface area (Å²) in [5, 5.41) is 9.89. The lowest BCUT2D eigenvalue weighted by atomic mass is 9.79. The molecule has 0 bridgehead atoms. The highest BCUT2D eigenvalue weighted by Gasteiger charge is 2.46. The Balaban J connectivity index is 2.27. The fraction of sp³-hybridized carbons (Fsp3) is 0.211. The molecular weight excluding hydrogens is 320 g/mol. The van der Waals surface area contributed by atoms with Crippen LogP contribution in [0.2, 0.25) is 0 Å². The van der Waals surface area contributed by atoms with Crippen LogP contribution in [-0.4, -0.2) is 33.8 Å². The lowest BCUT2D eigenvalue weighted by molar-refractivity contribution is -0.141. The van der Waals surface area contributed by atoms with Gasteiger partial charge in [0.25, 0.3) is 5.91 Å². The summed E-state index contributed by atoms with van der Waals surface area (Å²) in [4.78, 5) is 38.2. The Hall–Kier alpha value is -3.15. The van der Waals surface area contributed by atoms with Crippen molar-refractivity contribution in [1.82, 2.24) is 4.90 Å². The number of carbonyl (C=O) groups is 3. The Labute approximate surface area is 144 Å². The first-order valence-electron chi connectivity index (χ1n) is 7.92. The van der Waals surface area contributed by atoms with Gasteiger partial charge in [-0.15, -0.1) is 0 Å². The number of rotatable bonds is 4. The van der Waals surface area contributed by atoms with Gasteiger partial charge in [0.15, 0.2) is 0 Å². The fourth-order valence-corrected chi connectivity index (χ4v) is 3.38. The first kappa shape index (κ1) is 16.7. The minimum Gasteiger partial charge on any atom is -0.481 e. The van der Waals surface area contributed by atoms with Gasteiger partial charge in [0.1, 0.15) is 12.0 Å². The van der Waals surface area contributed by atoms with E-state index in [1.165, 1.54) is 11.8 Å². The molecular formula is C19H18N2O4. The third kappa shape index (κ3) is 2.76. The van der Waals surface area contributed by atoms with Crippen molar-refractivity contribution in [2.45, 2.75) is 24.9 Å². The van der Waals surface area contributed by atoms with Crippen molar-refractivity contribution in [2.75, 3.05) is 0 Å². The van der Waals surface area contributed by atoms with Crippen LogP contribution in [0.5, 0.6) is 0 Å². The van der Waals surface area contributed by atoms with Crippen molar-refractivity contribution >= 4 is 17.8 Å². The molecule has 1 heterocycles. The van der Waals surface area contributed by atoms with E-state index in [9.17, 15) is 19.5 Å². The van der Waals surface area contributed by atoms with Crippen LogP contribution in [0.15, 0.2) is 54.6 Å². The number of hydrogen-bond donors (Lipinski definition) is 2. The van der Waals surface area contributed by atoms with E-state index in [1.807, 2.05) is 0 Å². The van der Waals surface area contributed by atoms with Crippen LogP contribution in [-0.2, 0) is 9.59 Å². The van der Waals surface area contributed by atoms with Gasteiger partial charge in [0.2, 0.25) is 5.91 Å². The minimum atomic E-state index is -1.06. The number of carbonyl (C=O) groups excluding carboxylic acids is 2. The van der Waals surface area contributed by atoms with Crippen LogP contribution in [0.1, 0.15) is 40.4 Å². The molecule has 6 heteroatoms. The highest BCUT2D eigenvalue weighted by Crippen LogP contribution is 2.43. The topological polar surface area (TPSA) is 101 Å². The van der Waals surface area contributed by atoms with E-state index in [1.54, 1.807) is 54.6 Å². The van der Waals surface area contributed by atoms with Crippen LogP contribution in [0.3, 0.4) is 0 Å². The fourth-order valence-electron chi connectivity index (χ4n) is 3.38. The third-order valence-electron chi connectivity index (χ3n) is 4.61. The van der Waals surface area contributed by atoms with E-state index < -0.39 is 35.8 Å². The van der Waals surface area contributed by atoms with Crippen molar-refractivity contribution in [3.63, 3.8) is 0 Å². The number of primary amides is 1. The molecule has 1 aliphatic rings.